The summed E-state index contributed by atoms with van der Waals surface area (Å²) in [5.74, 6) is 2.22. The molecule has 2 aromatic rings. The third-order valence-electron chi connectivity index (χ3n) is 3.41. The molecule has 2 N–H and O–H groups in total. The van der Waals surface area contributed by atoms with Gasteiger partial charge in [0.1, 0.15) is 17.4 Å². The van der Waals surface area contributed by atoms with E-state index in [1.54, 1.807) is 0 Å². The average Bonchev–Trinajstić information content (AvgIpc) is 2.92. The van der Waals surface area contributed by atoms with Crippen LogP contribution in [0.5, 0.6) is 5.75 Å². The van der Waals surface area contributed by atoms with Gasteiger partial charge in [-0.15, -0.1) is 0 Å². The van der Waals surface area contributed by atoms with Gasteiger partial charge >= 0.3 is 0 Å². The molecule has 3 rings (SSSR count). The minimum absolute atomic E-state index is 0.139. The van der Waals surface area contributed by atoms with Gasteiger partial charge in [0.05, 0.1) is 6.61 Å². The Hall–Kier alpha value is -1.82. The van der Waals surface area contributed by atoms with Crippen molar-refractivity contribution < 1.29 is 4.74 Å². The van der Waals surface area contributed by atoms with Crippen molar-refractivity contribution in [2.75, 3.05) is 11.9 Å². The Labute approximate surface area is 130 Å². The lowest BCUT2D eigenvalue weighted by Gasteiger charge is -2.11. The zero-order valence-corrected chi connectivity index (χ0v) is 13.3. The van der Waals surface area contributed by atoms with Crippen LogP contribution >= 0.6 is 15.9 Å². The molecule has 1 aliphatic rings. The molecule has 1 aliphatic heterocycles. The molecule has 0 bridgehead atoms. The lowest BCUT2D eigenvalue weighted by molar-refractivity contribution is 0.354. The summed E-state index contributed by atoms with van der Waals surface area (Å²) in [5, 5.41) is 3.20. The first kappa shape index (κ1) is 14.1. The summed E-state index contributed by atoms with van der Waals surface area (Å²) in [6, 6.07) is 5.59. The van der Waals surface area contributed by atoms with E-state index in [2.05, 4.69) is 37.3 Å². The smallest absolute Gasteiger partial charge is 0.252 e. The van der Waals surface area contributed by atoms with Crippen molar-refractivity contribution >= 4 is 21.7 Å². The van der Waals surface area contributed by atoms with Crippen LogP contribution in [-0.4, -0.2) is 16.6 Å². The Balaban J connectivity index is 1.82. The number of rotatable bonds is 4. The Morgan fingerprint density at radius 1 is 1.43 bits per heavy atom. The van der Waals surface area contributed by atoms with Crippen LogP contribution in [-0.2, 0) is 19.4 Å². The van der Waals surface area contributed by atoms with Gasteiger partial charge in [0.25, 0.3) is 5.56 Å². The minimum Gasteiger partial charge on any atom is -0.493 e. The van der Waals surface area contributed by atoms with E-state index in [1.165, 1.54) is 11.6 Å². The monoisotopic (exact) mass is 349 g/mol. The molecule has 21 heavy (non-hydrogen) atoms. The summed E-state index contributed by atoms with van der Waals surface area (Å²) in [5.41, 5.74) is 2.14. The van der Waals surface area contributed by atoms with Crippen molar-refractivity contribution in [3.8, 4) is 5.75 Å². The predicted molar refractivity (Wildman–Crippen MR) is 84.9 cm³/mol. The van der Waals surface area contributed by atoms with E-state index in [-0.39, 0.29) is 5.56 Å². The lowest BCUT2D eigenvalue weighted by Crippen LogP contribution is -2.13. The summed E-state index contributed by atoms with van der Waals surface area (Å²) in [6.45, 7) is 3.25. The summed E-state index contributed by atoms with van der Waals surface area (Å²) >= 11 is 3.52. The van der Waals surface area contributed by atoms with Gasteiger partial charge in [0.15, 0.2) is 0 Å². The molecule has 0 saturated heterocycles. The normalized spacial score (nSPS) is 12.9. The molecule has 0 fully saturated rings. The first-order valence-electron chi connectivity index (χ1n) is 6.94. The standard InChI is InChI=1S/C15H16BrN3O2/c1-2-12-18-13(7-14(20)19-12)17-8-10-6-11(16)5-9-3-4-21-15(9)10/h5-7H,2-4,8H2,1H3,(H2,17,18,19,20). The highest BCUT2D eigenvalue weighted by Gasteiger charge is 2.17. The number of nitrogens with one attached hydrogen (secondary N) is 2. The molecule has 0 spiro atoms. The Kier molecular flexibility index (Phi) is 3.96. The first-order chi connectivity index (χ1) is 10.2. The second-order valence-electron chi connectivity index (χ2n) is 4.94. The zero-order chi connectivity index (χ0) is 14.8. The molecule has 0 atom stereocenters. The van der Waals surface area contributed by atoms with Crippen molar-refractivity contribution in [2.45, 2.75) is 26.3 Å². The molecule has 0 radical (unpaired) electrons. The van der Waals surface area contributed by atoms with Crippen LogP contribution in [0.15, 0.2) is 27.5 Å². The maximum Gasteiger partial charge on any atom is 0.252 e. The first-order valence-corrected chi connectivity index (χ1v) is 7.73. The molecule has 1 aromatic carbocycles. The van der Waals surface area contributed by atoms with E-state index in [9.17, 15) is 4.79 Å². The van der Waals surface area contributed by atoms with Gasteiger partial charge < -0.3 is 15.0 Å². The maximum atomic E-state index is 11.6. The summed E-state index contributed by atoms with van der Waals surface area (Å²) in [4.78, 5) is 18.6. The van der Waals surface area contributed by atoms with Crippen molar-refractivity contribution in [3.05, 3.63) is 50.0 Å². The number of aromatic nitrogens is 2. The molecule has 2 heterocycles. The SMILES string of the molecule is CCc1nc(NCc2cc(Br)cc3c2OCC3)cc(=O)[nH]1. The number of aryl methyl sites for hydroxylation is 1. The largest absolute Gasteiger partial charge is 0.493 e. The average molecular weight is 350 g/mol. The Morgan fingerprint density at radius 3 is 3.10 bits per heavy atom. The van der Waals surface area contributed by atoms with Crippen LogP contribution in [0.3, 0.4) is 0 Å². The second-order valence-corrected chi connectivity index (χ2v) is 5.85. The van der Waals surface area contributed by atoms with Crippen molar-refractivity contribution in [2.24, 2.45) is 0 Å². The lowest BCUT2D eigenvalue weighted by atomic mass is 10.1. The number of H-pyrrole nitrogens is 1. The second kappa shape index (κ2) is 5.89. The van der Waals surface area contributed by atoms with E-state index in [4.69, 9.17) is 4.74 Å². The molecule has 0 saturated carbocycles. The topological polar surface area (TPSA) is 67.0 Å². The summed E-state index contributed by atoms with van der Waals surface area (Å²) < 4.78 is 6.73. The number of anilines is 1. The number of hydrogen-bond acceptors (Lipinski definition) is 4. The number of hydrogen-bond donors (Lipinski definition) is 2. The van der Waals surface area contributed by atoms with Crippen LogP contribution in [0.1, 0.15) is 23.9 Å². The minimum atomic E-state index is -0.139. The van der Waals surface area contributed by atoms with Crippen molar-refractivity contribution in [1.29, 1.82) is 0 Å². The van der Waals surface area contributed by atoms with E-state index in [0.29, 0.717) is 24.6 Å². The van der Waals surface area contributed by atoms with Crippen LogP contribution in [0.25, 0.3) is 0 Å². The van der Waals surface area contributed by atoms with E-state index < -0.39 is 0 Å². The summed E-state index contributed by atoms with van der Waals surface area (Å²) in [7, 11) is 0. The Morgan fingerprint density at radius 2 is 2.29 bits per heavy atom. The molecule has 6 heteroatoms. The van der Waals surface area contributed by atoms with Crippen molar-refractivity contribution in [1.82, 2.24) is 9.97 Å². The number of halogens is 1. The van der Waals surface area contributed by atoms with E-state index in [1.807, 2.05) is 13.0 Å². The third-order valence-corrected chi connectivity index (χ3v) is 3.87. The fraction of sp³-hybridized carbons (Fsp3) is 0.333. The summed E-state index contributed by atoms with van der Waals surface area (Å²) in [6.07, 6.45) is 1.63. The molecule has 0 unspecified atom stereocenters. The highest BCUT2D eigenvalue weighted by Crippen LogP contribution is 2.33. The van der Waals surface area contributed by atoms with Crippen LogP contribution in [0, 0.1) is 0 Å². The Bertz CT molecular complexity index is 727. The van der Waals surface area contributed by atoms with Gasteiger partial charge in [0.2, 0.25) is 0 Å². The highest BCUT2D eigenvalue weighted by molar-refractivity contribution is 9.10. The third kappa shape index (κ3) is 3.10. The van der Waals surface area contributed by atoms with Crippen LogP contribution in [0.2, 0.25) is 0 Å². The van der Waals surface area contributed by atoms with Gasteiger partial charge in [-0.3, -0.25) is 4.79 Å². The predicted octanol–water partition coefficient (Wildman–Crippen LogP) is 2.64. The van der Waals surface area contributed by atoms with Gasteiger partial charge in [-0.1, -0.05) is 22.9 Å². The van der Waals surface area contributed by atoms with E-state index in [0.717, 1.165) is 28.8 Å². The van der Waals surface area contributed by atoms with Crippen LogP contribution in [0.4, 0.5) is 5.82 Å². The molecular formula is C15H16BrN3O2. The fourth-order valence-corrected chi connectivity index (χ4v) is 2.98. The number of ether oxygens (including phenoxy) is 1. The van der Waals surface area contributed by atoms with Gasteiger partial charge in [-0.2, -0.15) is 0 Å². The molecule has 0 aliphatic carbocycles. The zero-order valence-electron chi connectivity index (χ0n) is 11.7. The number of aromatic amines is 1. The maximum absolute atomic E-state index is 11.6. The number of nitrogens with zero attached hydrogens (tertiary/aromatic N) is 1. The van der Waals surface area contributed by atoms with Gasteiger partial charge in [-0.25, -0.2) is 4.98 Å². The quantitative estimate of drug-likeness (QED) is 0.890. The van der Waals surface area contributed by atoms with Gasteiger partial charge in [-0.05, 0) is 17.7 Å². The number of benzene rings is 1. The van der Waals surface area contributed by atoms with Crippen molar-refractivity contribution in [3.63, 3.8) is 0 Å². The van der Waals surface area contributed by atoms with Gasteiger partial charge in [0, 0.05) is 35.5 Å². The molecular weight excluding hydrogens is 334 g/mol. The fourth-order valence-electron chi connectivity index (χ4n) is 2.43. The van der Waals surface area contributed by atoms with E-state index >= 15 is 0 Å². The number of fused-ring (bicyclic) bond motifs is 1. The molecule has 0 amide bonds. The molecule has 110 valence electrons. The molecule has 1 aromatic heterocycles. The highest BCUT2D eigenvalue weighted by atomic mass is 79.9. The molecule has 5 nitrogen and oxygen atoms in total. The van der Waals surface area contributed by atoms with Crippen LogP contribution < -0.4 is 15.6 Å².